The molecule has 2 aliphatic carbocycles. The van der Waals surface area contributed by atoms with Crippen LogP contribution in [0.1, 0.15) is 99.5 Å². The van der Waals surface area contributed by atoms with Crippen molar-refractivity contribution in [1.29, 1.82) is 0 Å². The predicted octanol–water partition coefficient (Wildman–Crippen LogP) is 7.77. The highest BCUT2D eigenvalue weighted by molar-refractivity contribution is 7.90. The van der Waals surface area contributed by atoms with Gasteiger partial charge in [-0.15, -0.1) is 6.58 Å². The molecule has 0 radical (unpaired) electrons. The second-order valence-corrected chi connectivity index (χ2v) is 17.7. The number of allylic oxidation sites excluding steroid dienone is 2. The van der Waals surface area contributed by atoms with Gasteiger partial charge in [0.1, 0.15) is 5.75 Å². The molecule has 2 fully saturated rings. The fourth-order valence-corrected chi connectivity index (χ4v) is 10.7. The van der Waals surface area contributed by atoms with Crippen LogP contribution in [0.3, 0.4) is 0 Å². The smallest absolute Gasteiger partial charge is 0.264 e. The first-order valence-corrected chi connectivity index (χ1v) is 20.9. The van der Waals surface area contributed by atoms with Gasteiger partial charge in [0, 0.05) is 35.7 Å². The van der Waals surface area contributed by atoms with Crippen LogP contribution < -0.4 is 14.4 Å². The molecule has 8 nitrogen and oxygen atoms in total. The van der Waals surface area contributed by atoms with Crippen LogP contribution in [0.2, 0.25) is 5.02 Å². The van der Waals surface area contributed by atoms with Crippen molar-refractivity contribution >= 4 is 33.2 Å². The Morgan fingerprint density at radius 2 is 2.04 bits per heavy atom. The second kappa shape index (κ2) is 16.4. The molecule has 4 aliphatic rings. The van der Waals surface area contributed by atoms with E-state index in [4.69, 9.17) is 21.1 Å². The van der Waals surface area contributed by atoms with Crippen LogP contribution in [0, 0.1) is 17.8 Å². The highest BCUT2D eigenvalue weighted by Crippen LogP contribution is 2.47. The summed E-state index contributed by atoms with van der Waals surface area (Å²) in [4.78, 5) is 16.2. The molecule has 2 aromatic rings. The lowest BCUT2D eigenvalue weighted by Crippen LogP contribution is -2.49. The van der Waals surface area contributed by atoms with E-state index in [0.717, 1.165) is 68.5 Å². The van der Waals surface area contributed by atoms with E-state index in [1.807, 2.05) is 19.1 Å². The number of hydrogen-bond acceptors (Lipinski definition) is 7. The average Bonchev–Trinajstić information content (AvgIpc) is 3.56. The number of unbranched alkanes of at least 4 members (excludes halogenated alkanes) is 1. The van der Waals surface area contributed by atoms with Gasteiger partial charge in [0.2, 0.25) is 10.0 Å². The average molecular weight is 739 g/mol. The molecule has 0 unspecified atom stereocenters. The molecule has 10 heteroatoms. The number of amides is 1. The number of aryl methyl sites for hydroxylation is 1. The lowest BCUT2D eigenvalue weighted by Gasteiger charge is -2.45. The Morgan fingerprint density at radius 1 is 1.20 bits per heavy atom. The highest BCUT2D eigenvalue weighted by Gasteiger charge is 2.44. The third-order valence-corrected chi connectivity index (χ3v) is 13.9. The minimum atomic E-state index is -4.04. The first kappa shape index (κ1) is 37.9. The molecule has 2 aliphatic heterocycles. The van der Waals surface area contributed by atoms with Crippen LogP contribution in [-0.2, 0) is 26.6 Å². The molecule has 2 N–H and O–H groups in total. The molecule has 0 bridgehead atoms. The standard InChI is InChI=1S/C41H55ClN2O6S/c1-4-6-7-13-37(45)34-17-14-31(34)25-44-26-41(20-8-11-29-22-32(42)16-18-35(29)41)27-50-38-19-15-30(23-36(38)44)40(46)43-51(47,48)39(28(3)10-5-2)24-33-12-9-21-49-33/h5,7,13,15-16,18-19,22-23,28,31,33-34,37,39,45H,2,4,6,8-12,14,17,20-21,24-27H2,1,3H3,(H,43,46)/b13-7+/t28-,31-,33-,34+,37-,39-,41-/m0/s1. The number of nitrogens with one attached hydrogen (secondary N) is 1. The predicted molar refractivity (Wildman–Crippen MR) is 204 cm³/mol. The molecule has 1 saturated carbocycles. The summed E-state index contributed by atoms with van der Waals surface area (Å²) in [6, 6.07) is 11.4. The van der Waals surface area contributed by atoms with Gasteiger partial charge in [0.05, 0.1) is 29.8 Å². The molecule has 278 valence electrons. The van der Waals surface area contributed by atoms with Crippen LogP contribution in [0.4, 0.5) is 5.69 Å². The van der Waals surface area contributed by atoms with Crippen LogP contribution in [0.5, 0.6) is 5.75 Å². The maximum atomic E-state index is 13.9. The van der Waals surface area contributed by atoms with Crippen LogP contribution in [-0.4, -0.2) is 63.2 Å². The number of rotatable bonds is 14. The topological polar surface area (TPSA) is 105 Å². The maximum Gasteiger partial charge on any atom is 0.264 e. The number of aliphatic hydroxyl groups is 1. The number of aliphatic hydroxyl groups excluding tert-OH is 1. The van der Waals surface area contributed by atoms with Crippen molar-refractivity contribution in [3.63, 3.8) is 0 Å². The van der Waals surface area contributed by atoms with Crippen molar-refractivity contribution in [2.45, 2.75) is 107 Å². The minimum absolute atomic E-state index is 0.142. The van der Waals surface area contributed by atoms with E-state index in [0.29, 0.717) is 44.9 Å². The van der Waals surface area contributed by atoms with Gasteiger partial charge in [0.15, 0.2) is 0 Å². The molecule has 51 heavy (non-hydrogen) atoms. The maximum absolute atomic E-state index is 13.9. The number of anilines is 1. The SMILES string of the molecule is C=CC[C@H](C)[C@H](C[C@@H]1CCCO1)S(=O)(=O)NC(=O)c1ccc2c(c1)N(C[C@@H]1CC[C@H]1[C@@H](O)/C=C/CCC)C[C@@]1(CCCc3cc(Cl)ccc31)CO2. The van der Waals surface area contributed by atoms with Gasteiger partial charge in [-0.25, -0.2) is 13.1 Å². The van der Waals surface area contributed by atoms with E-state index >= 15 is 0 Å². The number of fused-ring (bicyclic) bond motifs is 3. The van der Waals surface area contributed by atoms with E-state index in [9.17, 15) is 18.3 Å². The minimum Gasteiger partial charge on any atom is -0.490 e. The molecule has 7 atom stereocenters. The summed E-state index contributed by atoms with van der Waals surface area (Å²) in [5, 5.41) is 11.0. The first-order chi connectivity index (χ1) is 24.5. The Morgan fingerprint density at radius 3 is 2.76 bits per heavy atom. The molecular formula is C41H55ClN2O6S. The van der Waals surface area contributed by atoms with Crippen LogP contribution in [0.25, 0.3) is 0 Å². The molecule has 2 aromatic carbocycles. The van der Waals surface area contributed by atoms with Gasteiger partial charge in [-0.3, -0.25) is 4.79 Å². The summed E-state index contributed by atoms with van der Waals surface area (Å²) in [6.45, 7) is 10.3. The van der Waals surface area contributed by atoms with Gasteiger partial charge >= 0.3 is 0 Å². The number of hydrogen-bond donors (Lipinski definition) is 2. The largest absolute Gasteiger partial charge is 0.490 e. The van der Waals surface area contributed by atoms with Crippen molar-refractivity contribution < 1.29 is 27.8 Å². The highest BCUT2D eigenvalue weighted by atomic mass is 35.5. The normalized spacial score (nSPS) is 26.4. The van der Waals surface area contributed by atoms with Crippen molar-refractivity contribution in [2.75, 3.05) is 31.2 Å². The molecule has 1 spiro atoms. The zero-order chi connectivity index (χ0) is 36.2. The van der Waals surface area contributed by atoms with Crippen LogP contribution in [0.15, 0.2) is 61.2 Å². The fraction of sp³-hybridized carbons (Fsp3) is 0.585. The number of benzene rings is 2. The van der Waals surface area contributed by atoms with Crippen LogP contribution >= 0.6 is 11.6 Å². The number of carbonyl (C=O) groups is 1. The summed E-state index contributed by atoms with van der Waals surface area (Å²) >= 11 is 6.45. The lowest BCUT2D eigenvalue weighted by molar-refractivity contribution is 0.0456. The number of halogens is 1. The molecule has 6 rings (SSSR count). The Kier molecular flexibility index (Phi) is 12.2. The summed E-state index contributed by atoms with van der Waals surface area (Å²) in [7, 11) is -4.04. The Hall–Kier alpha value is -2.85. The number of carbonyl (C=O) groups excluding carboxylic acids is 1. The van der Waals surface area contributed by atoms with Gasteiger partial charge < -0.3 is 19.5 Å². The monoisotopic (exact) mass is 738 g/mol. The zero-order valence-corrected chi connectivity index (χ0v) is 31.8. The molecular weight excluding hydrogens is 684 g/mol. The van der Waals surface area contributed by atoms with Crippen molar-refractivity contribution in [2.24, 2.45) is 17.8 Å². The van der Waals surface area contributed by atoms with Crippen molar-refractivity contribution in [3.05, 3.63) is 82.9 Å². The first-order valence-electron chi connectivity index (χ1n) is 19.0. The molecule has 0 aromatic heterocycles. The number of ether oxygens (including phenoxy) is 2. The molecule has 1 amide bonds. The zero-order valence-electron chi connectivity index (χ0n) is 30.2. The van der Waals surface area contributed by atoms with Crippen molar-refractivity contribution in [3.8, 4) is 5.75 Å². The van der Waals surface area contributed by atoms with E-state index in [2.05, 4.69) is 41.3 Å². The lowest BCUT2D eigenvalue weighted by atomic mass is 9.68. The molecule has 2 heterocycles. The number of sulfonamides is 1. The summed E-state index contributed by atoms with van der Waals surface area (Å²) < 4.78 is 42.6. The third-order valence-electron chi connectivity index (χ3n) is 11.8. The summed E-state index contributed by atoms with van der Waals surface area (Å²) in [6.07, 6.45) is 14.6. The van der Waals surface area contributed by atoms with Gasteiger partial charge in [0.25, 0.3) is 5.91 Å². The Labute approximate surface area is 309 Å². The Balaban J connectivity index is 1.30. The van der Waals surface area contributed by atoms with Gasteiger partial charge in [-0.1, -0.05) is 56.2 Å². The van der Waals surface area contributed by atoms with Gasteiger partial charge in [-0.2, -0.15) is 0 Å². The summed E-state index contributed by atoms with van der Waals surface area (Å²) in [5.74, 6) is 0.178. The second-order valence-electron chi connectivity index (χ2n) is 15.4. The third kappa shape index (κ3) is 8.53. The number of nitrogens with zero attached hydrogens (tertiary/aromatic N) is 1. The fourth-order valence-electron chi connectivity index (χ4n) is 8.79. The van der Waals surface area contributed by atoms with E-state index in [-0.39, 0.29) is 34.8 Å². The van der Waals surface area contributed by atoms with E-state index in [1.165, 1.54) is 11.1 Å². The summed E-state index contributed by atoms with van der Waals surface area (Å²) in [5.41, 5.74) is 3.24. The van der Waals surface area contributed by atoms with Crippen molar-refractivity contribution in [1.82, 2.24) is 4.72 Å². The van der Waals surface area contributed by atoms with E-state index < -0.39 is 27.3 Å². The quantitative estimate of drug-likeness (QED) is 0.191. The van der Waals surface area contributed by atoms with E-state index in [1.54, 1.807) is 24.3 Å². The Bertz CT molecular complexity index is 1690. The van der Waals surface area contributed by atoms with Gasteiger partial charge in [-0.05, 0) is 123 Å². The molecule has 1 saturated heterocycles.